The Kier molecular flexibility index (Phi) is 7.76. The van der Waals surface area contributed by atoms with Crippen molar-refractivity contribution in [2.75, 3.05) is 38.6 Å². The molecule has 7 heteroatoms. The topological polar surface area (TPSA) is 88.9 Å². The Bertz CT molecular complexity index is 543. The predicted molar refractivity (Wildman–Crippen MR) is 86.3 cm³/mol. The minimum atomic E-state index is -0.425. The molecule has 126 valence electrons. The van der Waals surface area contributed by atoms with Gasteiger partial charge in [0, 0.05) is 12.2 Å². The molecular weight excluding hydrogens is 298 g/mol. The summed E-state index contributed by atoms with van der Waals surface area (Å²) >= 11 is 0. The van der Waals surface area contributed by atoms with Crippen molar-refractivity contribution in [1.82, 2.24) is 5.32 Å². The average molecular weight is 322 g/mol. The molecule has 0 saturated heterocycles. The quantitative estimate of drug-likeness (QED) is 0.561. The third-order valence-electron chi connectivity index (χ3n) is 3.28. The summed E-state index contributed by atoms with van der Waals surface area (Å²) in [6.07, 6.45) is 0. The number of quaternary nitrogens is 1. The largest absolute Gasteiger partial charge is 0.465 e. The molecule has 0 aliphatic carbocycles. The van der Waals surface area contributed by atoms with Gasteiger partial charge in [-0.3, -0.25) is 9.59 Å². The molecule has 0 aliphatic heterocycles. The predicted octanol–water partition coefficient (Wildman–Crippen LogP) is -0.547. The molecule has 0 radical (unpaired) electrons. The molecule has 1 unspecified atom stereocenters. The van der Waals surface area contributed by atoms with Crippen molar-refractivity contribution < 1.29 is 24.0 Å². The van der Waals surface area contributed by atoms with Gasteiger partial charge in [0.25, 0.3) is 11.8 Å². The lowest BCUT2D eigenvalue weighted by Crippen LogP contribution is -3.14. The number of carbonyl (C=O) groups excluding carboxylic acids is 3. The van der Waals surface area contributed by atoms with Crippen molar-refractivity contribution in [3.63, 3.8) is 0 Å². The van der Waals surface area contributed by atoms with Crippen LogP contribution >= 0.6 is 0 Å². The summed E-state index contributed by atoms with van der Waals surface area (Å²) in [4.78, 5) is 35.8. The molecule has 1 atom stereocenters. The number of hydrogen-bond acceptors (Lipinski definition) is 4. The maximum absolute atomic E-state index is 12.0. The minimum absolute atomic E-state index is 0.0698. The first-order valence-electron chi connectivity index (χ1n) is 7.58. The number of amides is 2. The Morgan fingerprint density at radius 3 is 2.17 bits per heavy atom. The van der Waals surface area contributed by atoms with Gasteiger partial charge >= 0.3 is 5.97 Å². The fourth-order valence-corrected chi connectivity index (χ4v) is 2.04. The average Bonchev–Trinajstić information content (AvgIpc) is 2.54. The summed E-state index contributed by atoms with van der Waals surface area (Å²) < 4.78 is 4.61. The summed E-state index contributed by atoms with van der Waals surface area (Å²) in [5.74, 6) is -0.678. The van der Waals surface area contributed by atoms with Gasteiger partial charge < -0.3 is 20.3 Å². The second-order valence-electron chi connectivity index (χ2n) is 5.03. The highest BCUT2D eigenvalue weighted by atomic mass is 16.5. The van der Waals surface area contributed by atoms with E-state index >= 15 is 0 Å². The van der Waals surface area contributed by atoms with Gasteiger partial charge in [-0.05, 0) is 38.1 Å². The molecule has 3 N–H and O–H groups in total. The number of likely N-dealkylation sites (N-methyl/N-ethyl adjacent to an activating group) is 2. The molecule has 23 heavy (non-hydrogen) atoms. The van der Waals surface area contributed by atoms with E-state index in [2.05, 4.69) is 15.4 Å². The van der Waals surface area contributed by atoms with E-state index in [0.29, 0.717) is 24.3 Å². The number of nitrogens with one attached hydrogen (secondary N) is 3. The first kappa shape index (κ1) is 18.6. The van der Waals surface area contributed by atoms with Crippen LogP contribution < -0.4 is 15.5 Å². The molecule has 0 saturated carbocycles. The summed E-state index contributed by atoms with van der Waals surface area (Å²) in [6, 6.07) is 6.44. The SMILES string of the molecule is CCNC(=O)C[NH+](CC)CC(=O)Nc1ccc(C(=O)OC)cc1. The van der Waals surface area contributed by atoms with Crippen LogP contribution in [0, 0.1) is 0 Å². The Morgan fingerprint density at radius 1 is 1.04 bits per heavy atom. The summed E-state index contributed by atoms with van der Waals surface area (Å²) in [6.45, 7) is 5.49. The van der Waals surface area contributed by atoms with E-state index in [4.69, 9.17) is 0 Å². The zero-order valence-electron chi connectivity index (χ0n) is 13.8. The van der Waals surface area contributed by atoms with Crippen LogP contribution in [0.2, 0.25) is 0 Å². The molecule has 1 aromatic carbocycles. The van der Waals surface area contributed by atoms with Crippen molar-refractivity contribution in [3.05, 3.63) is 29.8 Å². The normalized spacial score (nSPS) is 11.4. The number of rotatable bonds is 8. The first-order chi connectivity index (χ1) is 11.0. The van der Waals surface area contributed by atoms with Crippen molar-refractivity contribution >= 4 is 23.5 Å². The fourth-order valence-electron chi connectivity index (χ4n) is 2.04. The molecule has 1 rings (SSSR count). The van der Waals surface area contributed by atoms with E-state index in [-0.39, 0.29) is 24.9 Å². The fraction of sp³-hybridized carbons (Fsp3) is 0.438. The number of hydrogen-bond donors (Lipinski definition) is 3. The minimum Gasteiger partial charge on any atom is -0.465 e. The number of benzene rings is 1. The molecule has 2 amide bonds. The lowest BCUT2D eigenvalue weighted by atomic mass is 10.2. The molecule has 0 bridgehead atoms. The smallest absolute Gasteiger partial charge is 0.337 e. The zero-order chi connectivity index (χ0) is 17.2. The molecule has 0 aliphatic rings. The highest BCUT2D eigenvalue weighted by Crippen LogP contribution is 2.09. The third kappa shape index (κ3) is 6.48. The van der Waals surface area contributed by atoms with Gasteiger partial charge in [-0.25, -0.2) is 4.79 Å². The van der Waals surface area contributed by atoms with Gasteiger partial charge in [0.2, 0.25) is 0 Å². The van der Waals surface area contributed by atoms with Crippen LogP contribution in [-0.2, 0) is 14.3 Å². The Hall–Kier alpha value is -2.41. The van der Waals surface area contributed by atoms with Crippen molar-refractivity contribution in [1.29, 1.82) is 0 Å². The number of ether oxygens (including phenoxy) is 1. The van der Waals surface area contributed by atoms with Crippen LogP contribution in [0.3, 0.4) is 0 Å². The lowest BCUT2D eigenvalue weighted by Gasteiger charge is -2.16. The van der Waals surface area contributed by atoms with E-state index in [1.54, 1.807) is 24.3 Å². The molecule has 0 aromatic heterocycles. The Morgan fingerprint density at radius 2 is 1.65 bits per heavy atom. The standard InChI is InChI=1S/C16H23N3O4/c1-4-17-14(20)10-19(5-2)11-15(21)18-13-8-6-12(7-9-13)16(22)23-3/h6-9H,4-5,10-11H2,1-3H3,(H,17,20)(H,18,21)/p+1. The van der Waals surface area contributed by atoms with Crippen LogP contribution in [0.4, 0.5) is 5.69 Å². The Balaban J connectivity index is 2.54. The number of carbonyl (C=O) groups is 3. The van der Waals surface area contributed by atoms with E-state index in [9.17, 15) is 14.4 Å². The Labute approximate surface area is 136 Å². The monoisotopic (exact) mass is 322 g/mol. The molecule has 7 nitrogen and oxygen atoms in total. The van der Waals surface area contributed by atoms with Crippen LogP contribution in [0.15, 0.2) is 24.3 Å². The second-order valence-corrected chi connectivity index (χ2v) is 5.03. The molecule has 0 spiro atoms. The number of esters is 1. The van der Waals surface area contributed by atoms with Gasteiger partial charge in [0.05, 0.1) is 19.2 Å². The maximum atomic E-state index is 12.0. The van der Waals surface area contributed by atoms with Crippen LogP contribution in [0.5, 0.6) is 0 Å². The van der Waals surface area contributed by atoms with E-state index < -0.39 is 5.97 Å². The molecular formula is C16H24N3O4+. The van der Waals surface area contributed by atoms with Crippen LogP contribution in [0.1, 0.15) is 24.2 Å². The third-order valence-corrected chi connectivity index (χ3v) is 3.28. The van der Waals surface area contributed by atoms with Gasteiger partial charge in [-0.15, -0.1) is 0 Å². The van der Waals surface area contributed by atoms with Gasteiger partial charge in [0.15, 0.2) is 13.1 Å². The summed E-state index contributed by atoms with van der Waals surface area (Å²) in [7, 11) is 1.31. The van der Waals surface area contributed by atoms with Crippen molar-refractivity contribution in [2.24, 2.45) is 0 Å². The zero-order valence-corrected chi connectivity index (χ0v) is 13.8. The van der Waals surface area contributed by atoms with Gasteiger partial charge in [-0.2, -0.15) is 0 Å². The highest BCUT2D eigenvalue weighted by Gasteiger charge is 2.16. The molecule has 0 heterocycles. The second kappa shape index (κ2) is 9.58. The highest BCUT2D eigenvalue weighted by molar-refractivity contribution is 5.93. The maximum Gasteiger partial charge on any atom is 0.337 e. The molecule has 1 aromatic rings. The van der Waals surface area contributed by atoms with Crippen molar-refractivity contribution in [3.8, 4) is 0 Å². The van der Waals surface area contributed by atoms with Crippen LogP contribution in [-0.4, -0.2) is 51.1 Å². The summed E-state index contributed by atoms with van der Waals surface area (Å²) in [5, 5.41) is 5.47. The van der Waals surface area contributed by atoms with Crippen molar-refractivity contribution in [2.45, 2.75) is 13.8 Å². The number of anilines is 1. The lowest BCUT2D eigenvalue weighted by molar-refractivity contribution is -0.881. The number of methoxy groups -OCH3 is 1. The van der Waals surface area contributed by atoms with E-state index in [1.807, 2.05) is 13.8 Å². The van der Waals surface area contributed by atoms with Crippen LogP contribution in [0.25, 0.3) is 0 Å². The molecule has 0 fully saturated rings. The van der Waals surface area contributed by atoms with E-state index in [0.717, 1.165) is 4.90 Å². The van der Waals surface area contributed by atoms with Gasteiger partial charge in [-0.1, -0.05) is 0 Å². The van der Waals surface area contributed by atoms with Gasteiger partial charge in [0.1, 0.15) is 0 Å². The van der Waals surface area contributed by atoms with E-state index in [1.165, 1.54) is 7.11 Å². The summed E-state index contributed by atoms with van der Waals surface area (Å²) in [5.41, 5.74) is 1.01. The first-order valence-corrected chi connectivity index (χ1v) is 7.58.